The summed E-state index contributed by atoms with van der Waals surface area (Å²) in [4.78, 5) is 2.15. The summed E-state index contributed by atoms with van der Waals surface area (Å²) in [6, 6.07) is 142. The van der Waals surface area contributed by atoms with Gasteiger partial charge in [-0.25, -0.2) is 13.4 Å². The molecule has 0 atom stereocenters. The van der Waals surface area contributed by atoms with Crippen molar-refractivity contribution < 1.29 is 64.8 Å². The second kappa shape index (κ2) is 44.2. The van der Waals surface area contributed by atoms with Crippen molar-refractivity contribution >= 4 is 159 Å². The number of pyridine rings is 1. The van der Waals surface area contributed by atoms with E-state index in [9.17, 15) is 64.8 Å². The summed E-state index contributed by atoms with van der Waals surface area (Å²) in [5.41, 5.74) is -16.0. The number of fused-ring (bicyclic) bond motifs is 1. The van der Waals surface area contributed by atoms with Gasteiger partial charge in [-0.1, -0.05) is 419 Å². The van der Waals surface area contributed by atoms with Gasteiger partial charge < -0.3 is 0 Å². The second-order valence-electron chi connectivity index (χ2n) is 28.2. The third-order valence-corrected chi connectivity index (χ3v) is 34.0. The number of halogens is 10. The molecule has 0 N–H and O–H groups in total. The molecule has 0 spiro atoms. The van der Waals surface area contributed by atoms with Crippen molar-refractivity contribution in [2.24, 2.45) is 10.2 Å². The molecule has 0 radical (unpaired) electrons. The number of aryl methyl sites for hydroxylation is 1. The number of alkyl halides is 9. The summed E-state index contributed by atoms with van der Waals surface area (Å²) < 4.78 is 181. The van der Waals surface area contributed by atoms with Crippen molar-refractivity contribution in [2.75, 3.05) is 3.71 Å². The summed E-state index contributed by atoms with van der Waals surface area (Å²) in [6.07, 6.45) is 1.81. The number of sulfonamides is 2. The van der Waals surface area contributed by atoms with Crippen molar-refractivity contribution in [2.45, 2.75) is 49.1 Å². The predicted molar refractivity (Wildman–Crippen MR) is 505 cm³/mol. The average molecular weight is 1850 g/mol. The summed E-state index contributed by atoms with van der Waals surface area (Å²) in [7, 11) is -21.1. The molecule has 1 aliphatic rings. The van der Waals surface area contributed by atoms with Crippen LogP contribution in [0.15, 0.2) is 441 Å². The number of sulfone groups is 1. The summed E-state index contributed by atoms with van der Waals surface area (Å²) >= 11 is 5.30. The van der Waals surface area contributed by atoms with Crippen LogP contribution < -0.4 is 67.4 Å². The number of allylic oxidation sites excluding steroid dienone is 1. The molecule has 126 heavy (non-hydrogen) atoms. The van der Waals surface area contributed by atoms with Crippen LogP contribution in [0.3, 0.4) is 0 Å². The minimum atomic E-state index is -6.93. The molecule has 1 aliphatic carbocycles. The molecular weight excluding hydrogens is 1770 g/mol. The number of hydrogen-bond donors (Lipinski definition) is 0. The Hall–Kier alpha value is -11.4. The van der Waals surface area contributed by atoms with Crippen LogP contribution in [0.4, 0.5) is 56.7 Å². The fraction of sp³-hybridized carbons (Fsp3) is 0.0808. The molecule has 10 nitrogen and oxygen atoms in total. The van der Waals surface area contributed by atoms with Gasteiger partial charge in [0.1, 0.15) is 0 Å². The molecule has 16 rings (SSSR count). The van der Waals surface area contributed by atoms with Crippen molar-refractivity contribution in [3.05, 3.63) is 453 Å². The number of anilines is 1. The first-order valence-electron chi connectivity index (χ1n) is 38.8. The van der Waals surface area contributed by atoms with E-state index < -0.39 is 97.9 Å². The van der Waals surface area contributed by atoms with Gasteiger partial charge in [0.25, 0.3) is 9.84 Å². The van der Waals surface area contributed by atoms with Gasteiger partial charge >= 0.3 is 36.6 Å². The topological polar surface area (TPSA) is 143 Å². The van der Waals surface area contributed by atoms with Crippen LogP contribution in [0.25, 0.3) is 4.91 Å². The third kappa shape index (κ3) is 25.3. The van der Waals surface area contributed by atoms with Crippen LogP contribution in [0, 0.1) is 6.92 Å². The Morgan fingerprint density at radius 2 is 0.563 bits per heavy atom. The van der Waals surface area contributed by atoms with Gasteiger partial charge in [-0.2, -0.15) is 66.6 Å². The molecule has 1 aromatic heterocycles. The number of nitrogens with zero attached hydrogens (tertiary/aromatic N) is 4. The highest BCUT2D eigenvalue weighted by molar-refractivity contribution is 8.11. The molecule has 27 heteroatoms. The Balaban J connectivity index is 0.000000148. The molecule has 642 valence electrons. The zero-order valence-electron chi connectivity index (χ0n) is 67.7. The molecule has 0 saturated carbocycles. The van der Waals surface area contributed by atoms with E-state index in [4.69, 9.17) is 11.6 Å². The summed E-state index contributed by atoms with van der Waals surface area (Å²) in [6.45, 7) is 5.64. The summed E-state index contributed by atoms with van der Waals surface area (Å²) in [5.74, 6) is -1.64. The molecule has 1 heterocycles. The molecule has 0 aliphatic heterocycles. The molecule has 0 bridgehead atoms. The lowest BCUT2D eigenvalue weighted by molar-refractivity contribution is -0.0464. The first-order chi connectivity index (χ1) is 60.3. The van der Waals surface area contributed by atoms with E-state index in [1.165, 1.54) is 69.7 Å². The van der Waals surface area contributed by atoms with Gasteiger partial charge in [-0.3, -0.25) is 0 Å². The number of azo groups is 1. The van der Waals surface area contributed by atoms with E-state index in [2.05, 4.69) is 379 Å². The molecule has 15 aromatic rings. The Bertz CT molecular complexity index is 5450. The fourth-order valence-corrected chi connectivity index (χ4v) is 25.8. The van der Waals surface area contributed by atoms with Crippen LogP contribution in [0.1, 0.15) is 37.0 Å². The van der Waals surface area contributed by atoms with E-state index in [0.717, 1.165) is 11.6 Å². The van der Waals surface area contributed by atoms with Gasteiger partial charge in [0.15, 0.2) is 5.82 Å². The Labute approximate surface area is 739 Å². The molecule has 0 unspecified atom stereocenters. The van der Waals surface area contributed by atoms with Crippen LogP contribution in [0.2, 0.25) is 5.02 Å². The molecule has 0 saturated heterocycles. The Morgan fingerprint density at radius 1 is 0.325 bits per heavy atom. The van der Waals surface area contributed by atoms with E-state index in [-0.39, 0.29) is 28.8 Å². The zero-order chi connectivity index (χ0) is 90.0. The van der Waals surface area contributed by atoms with Crippen molar-refractivity contribution in [1.82, 2.24) is 4.98 Å². The quantitative estimate of drug-likeness (QED) is 0.0473. The number of benzene rings is 14. The standard InChI is InChI=1S/C20H19F3N2O2S.4C18H15P.C7H3ClF6N2O4S2/c1-13-4-6-14(7-5-13)24-25-15-8-9-17-16(12-15)18(10-11-19(17,2)3)28(26,27)20(21,22)23;4*1-4-10-16(11-5-1)19(17-12-6-2-7-13-17)18-14-8-3-9-15-18;8-4-1-2-5(15-3-4)16(21(17,18)6(9,10)11)22(19,20)7(12,13)14/h4-10,12H,11H2,1-3H3;4*1-15H;1-3H. The monoisotopic (exact) mass is 1850 g/mol. The molecule has 0 amide bonds. The Kier molecular flexibility index (Phi) is 33.4. The van der Waals surface area contributed by atoms with E-state index >= 15 is 0 Å². The SMILES string of the molecule is Cc1ccc(N=Nc2ccc3c(c2)C(S(=O)(=O)C(F)(F)F)=CCC3(C)C)cc1.O=S(=O)(N(c1ccc(Cl)cn1)S(=O)(=O)C(F)(F)F)C(F)(F)F.c1ccc(P(c2ccccc2)c2ccccc2)cc1.c1ccc(P(c2ccccc2)c2ccccc2)cc1.c1ccc(P(c2ccccc2)c2ccccc2)cc1.c1ccc(P(c2ccccc2)c2ccccc2)cc1. The highest BCUT2D eigenvalue weighted by atomic mass is 35.5. The second-order valence-corrected chi connectivity index (χ2v) is 43.2. The normalized spacial score (nSPS) is 12.5. The fourth-order valence-electron chi connectivity index (χ4n) is 12.8. The lowest BCUT2D eigenvalue weighted by atomic mass is 9.76. The van der Waals surface area contributed by atoms with Crippen molar-refractivity contribution in [3.8, 4) is 0 Å². The first-order valence-corrected chi connectivity index (χ1v) is 49.0. The van der Waals surface area contributed by atoms with Gasteiger partial charge in [-0.05, 0) is 162 Å². The van der Waals surface area contributed by atoms with E-state index in [1.54, 1.807) is 24.3 Å². The lowest BCUT2D eigenvalue weighted by Crippen LogP contribution is -2.49. The lowest BCUT2D eigenvalue weighted by Gasteiger charge is -2.32. The van der Waals surface area contributed by atoms with Crippen molar-refractivity contribution in [1.29, 1.82) is 0 Å². The predicted octanol–water partition coefficient (Wildman–Crippen LogP) is 22.4. The van der Waals surface area contributed by atoms with Crippen LogP contribution in [-0.4, -0.2) is 46.8 Å². The number of rotatable bonds is 18. The van der Waals surface area contributed by atoms with Crippen LogP contribution >= 0.6 is 43.3 Å². The van der Waals surface area contributed by atoms with Crippen molar-refractivity contribution in [3.63, 3.8) is 0 Å². The van der Waals surface area contributed by atoms with Gasteiger partial charge in [0, 0.05) is 6.20 Å². The maximum absolute atomic E-state index is 13.1. The van der Waals surface area contributed by atoms with Gasteiger partial charge in [0.2, 0.25) is 0 Å². The van der Waals surface area contributed by atoms with E-state index in [1.807, 2.05) is 32.9 Å². The average Bonchev–Trinajstić information content (AvgIpc) is 0.724. The zero-order valence-corrected chi connectivity index (χ0v) is 74.5. The Morgan fingerprint density at radius 3 is 0.786 bits per heavy atom. The van der Waals surface area contributed by atoms with Gasteiger partial charge in [-0.15, -0.1) is 3.71 Å². The maximum Gasteiger partial charge on any atom is 0.517 e. The third-order valence-electron chi connectivity index (χ3n) is 18.8. The first kappa shape index (κ1) is 95.3. The smallest absolute Gasteiger partial charge is 0.236 e. The summed E-state index contributed by atoms with van der Waals surface area (Å²) in [5, 5.41) is 24.6. The molecular formula is C99H82ClF9N4O6P4S3. The highest BCUT2D eigenvalue weighted by Crippen LogP contribution is 2.47. The minimum absolute atomic E-state index is 0.0222. The molecule has 0 fully saturated rings. The molecule has 14 aromatic carbocycles. The van der Waals surface area contributed by atoms with Crippen LogP contribution in [0.5, 0.6) is 0 Å². The largest absolute Gasteiger partial charge is 0.517 e. The number of hydrogen-bond acceptors (Lipinski definition) is 9. The van der Waals surface area contributed by atoms with Gasteiger partial charge in [0.05, 0.1) is 21.3 Å². The minimum Gasteiger partial charge on any atom is -0.236 e. The van der Waals surface area contributed by atoms with E-state index in [0.29, 0.717) is 23.5 Å². The van der Waals surface area contributed by atoms with Crippen LogP contribution in [-0.2, 0) is 35.3 Å². The highest BCUT2D eigenvalue weighted by Gasteiger charge is 2.62. The maximum atomic E-state index is 13.1. The number of aromatic nitrogens is 1.